The summed E-state index contributed by atoms with van der Waals surface area (Å²) in [5.74, 6) is 0.323. The van der Waals surface area contributed by atoms with Crippen LogP contribution in [0.1, 0.15) is 13.3 Å². The van der Waals surface area contributed by atoms with Crippen LogP contribution >= 0.6 is 23.2 Å². The molecule has 5 nitrogen and oxygen atoms in total. The highest BCUT2D eigenvalue weighted by Gasteiger charge is 2.16. The summed E-state index contributed by atoms with van der Waals surface area (Å²) in [6.07, 6.45) is 3.24. The number of pyridine rings is 1. The Labute approximate surface area is 156 Å². The van der Waals surface area contributed by atoms with Crippen molar-refractivity contribution < 1.29 is 14.3 Å². The third-order valence-electron chi connectivity index (χ3n) is 3.18. The van der Waals surface area contributed by atoms with Crippen LogP contribution in [0, 0.1) is 0 Å². The van der Waals surface area contributed by atoms with E-state index in [1.807, 2.05) is 0 Å². The summed E-state index contributed by atoms with van der Waals surface area (Å²) in [5.41, 5.74) is 0.486. The van der Waals surface area contributed by atoms with Crippen molar-refractivity contribution in [2.24, 2.45) is 0 Å². The van der Waals surface area contributed by atoms with E-state index in [2.05, 4.69) is 16.9 Å². The van der Waals surface area contributed by atoms with Gasteiger partial charge in [-0.2, -0.15) is 0 Å². The van der Waals surface area contributed by atoms with E-state index < -0.39 is 6.10 Å². The van der Waals surface area contributed by atoms with Crippen LogP contribution in [0.2, 0.25) is 10.0 Å². The molecule has 25 heavy (non-hydrogen) atoms. The first-order valence-electron chi connectivity index (χ1n) is 7.62. The smallest absolute Gasteiger partial charge is 0.253 e. The van der Waals surface area contributed by atoms with Crippen molar-refractivity contribution in [1.29, 1.82) is 0 Å². The van der Waals surface area contributed by atoms with Gasteiger partial charge < -0.3 is 14.8 Å². The summed E-state index contributed by atoms with van der Waals surface area (Å²) in [7, 11) is 0. The quantitative estimate of drug-likeness (QED) is 0.511. The third-order valence-corrected chi connectivity index (χ3v) is 3.66. The zero-order chi connectivity index (χ0) is 18.2. The lowest BCUT2D eigenvalue weighted by Gasteiger charge is -2.15. The van der Waals surface area contributed by atoms with E-state index in [0.29, 0.717) is 29.5 Å². The summed E-state index contributed by atoms with van der Waals surface area (Å²) in [6.45, 7) is 5.72. The summed E-state index contributed by atoms with van der Waals surface area (Å²) >= 11 is 11.9. The van der Waals surface area contributed by atoms with Gasteiger partial charge in [-0.1, -0.05) is 41.4 Å². The molecule has 0 radical (unpaired) electrons. The van der Waals surface area contributed by atoms with E-state index in [0.717, 1.165) is 0 Å². The number of carbonyl (C=O) groups excluding carboxylic acids is 1. The Morgan fingerprint density at radius 1 is 1.40 bits per heavy atom. The number of hydrogen-bond donors (Lipinski definition) is 1. The Bertz CT molecular complexity index is 753. The number of para-hydroxylation sites is 2. The first-order chi connectivity index (χ1) is 12.0. The van der Waals surface area contributed by atoms with Crippen molar-refractivity contribution in [3.05, 3.63) is 59.2 Å². The summed E-state index contributed by atoms with van der Waals surface area (Å²) in [6, 6.07) is 8.50. The minimum Gasteiger partial charge on any atom is -0.435 e. The number of aromatic nitrogens is 1. The predicted molar refractivity (Wildman–Crippen MR) is 99.6 cm³/mol. The number of anilines is 1. The summed E-state index contributed by atoms with van der Waals surface area (Å²) < 4.78 is 11.1. The molecule has 1 amide bonds. The van der Waals surface area contributed by atoms with Crippen molar-refractivity contribution in [1.82, 2.24) is 4.98 Å². The Morgan fingerprint density at radius 2 is 2.16 bits per heavy atom. The number of amides is 1. The Kier molecular flexibility index (Phi) is 7.25. The molecule has 2 aromatic rings. The summed E-state index contributed by atoms with van der Waals surface area (Å²) in [4.78, 5) is 16.3. The monoisotopic (exact) mass is 380 g/mol. The number of benzene rings is 1. The number of rotatable bonds is 8. The third kappa shape index (κ3) is 5.74. The lowest BCUT2D eigenvalue weighted by atomic mass is 10.2. The van der Waals surface area contributed by atoms with Crippen LogP contribution in [0.4, 0.5) is 5.69 Å². The zero-order valence-electron chi connectivity index (χ0n) is 13.7. The van der Waals surface area contributed by atoms with Gasteiger partial charge >= 0.3 is 0 Å². The standard InChI is InChI=1S/C18H18Cl2N2O3/c1-3-4-9-24-12(2)17(23)22-15-7-5-6-8-16(15)25-18-14(20)10-13(19)11-21-18/h3,5-8,10-12H,1,4,9H2,2H3,(H,22,23). The lowest BCUT2D eigenvalue weighted by Crippen LogP contribution is -2.28. The molecule has 0 aliphatic heterocycles. The second kappa shape index (κ2) is 9.42. The minimum atomic E-state index is -0.606. The molecule has 0 saturated heterocycles. The molecule has 7 heteroatoms. The minimum absolute atomic E-state index is 0.197. The number of nitrogens with one attached hydrogen (secondary N) is 1. The number of ether oxygens (including phenoxy) is 2. The molecule has 2 rings (SSSR count). The SMILES string of the molecule is C=CCCOC(C)C(=O)Nc1ccccc1Oc1ncc(Cl)cc1Cl. The molecule has 0 spiro atoms. The molecular formula is C18H18Cl2N2O3. The van der Waals surface area contributed by atoms with Gasteiger partial charge in [-0.25, -0.2) is 4.98 Å². The summed E-state index contributed by atoms with van der Waals surface area (Å²) in [5, 5.41) is 3.46. The van der Waals surface area contributed by atoms with Crippen LogP contribution in [0.25, 0.3) is 0 Å². The average molecular weight is 381 g/mol. The second-order valence-electron chi connectivity index (χ2n) is 5.12. The van der Waals surface area contributed by atoms with Crippen molar-refractivity contribution >= 4 is 34.8 Å². The fourth-order valence-corrected chi connectivity index (χ4v) is 2.30. The van der Waals surface area contributed by atoms with Crippen molar-refractivity contribution in [2.75, 3.05) is 11.9 Å². The first-order valence-corrected chi connectivity index (χ1v) is 8.38. The number of nitrogens with zero attached hydrogens (tertiary/aromatic N) is 1. The molecule has 1 atom stereocenters. The molecule has 0 saturated carbocycles. The van der Waals surface area contributed by atoms with E-state index in [4.69, 9.17) is 32.7 Å². The molecule has 1 N–H and O–H groups in total. The lowest BCUT2D eigenvalue weighted by molar-refractivity contribution is -0.126. The van der Waals surface area contributed by atoms with Gasteiger partial charge in [0.15, 0.2) is 5.75 Å². The van der Waals surface area contributed by atoms with Crippen LogP contribution in [-0.4, -0.2) is 23.6 Å². The Hall–Kier alpha value is -2.08. The number of carbonyl (C=O) groups is 1. The fourth-order valence-electron chi connectivity index (χ4n) is 1.88. The Morgan fingerprint density at radius 3 is 2.88 bits per heavy atom. The molecule has 0 fully saturated rings. The molecule has 0 aliphatic rings. The topological polar surface area (TPSA) is 60.5 Å². The van der Waals surface area contributed by atoms with Gasteiger partial charge in [-0.3, -0.25) is 4.79 Å². The van der Waals surface area contributed by atoms with E-state index >= 15 is 0 Å². The molecule has 0 bridgehead atoms. The van der Waals surface area contributed by atoms with E-state index in [9.17, 15) is 4.79 Å². The van der Waals surface area contributed by atoms with Crippen LogP contribution in [-0.2, 0) is 9.53 Å². The predicted octanol–water partition coefficient (Wildman–Crippen LogP) is 5.10. The first kappa shape index (κ1) is 19.2. The van der Waals surface area contributed by atoms with Gasteiger partial charge in [0, 0.05) is 6.20 Å². The van der Waals surface area contributed by atoms with Crippen LogP contribution in [0.3, 0.4) is 0 Å². The van der Waals surface area contributed by atoms with Crippen molar-refractivity contribution in [2.45, 2.75) is 19.4 Å². The van der Waals surface area contributed by atoms with Crippen LogP contribution in [0.5, 0.6) is 11.6 Å². The van der Waals surface area contributed by atoms with Crippen molar-refractivity contribution in [3.63, 3.8) is 0 Å². The van der Waals surface area contributed by atoms with Gasteiger partial charge in [-0.05, 0) is 31.5 Å². The highest BCUT2D eigenvalue weighted by atomic mass is 35.5. The zero-order valence-corrected chi connectivity index (χ0v) is 15.2. The van der Waals surface area contributed by atoms with Gasteiger partial charge in [-0.15, -0.1) is 6.58 Å². The van der Waals surface area contributed by atoms with Gasteiger partial charge in [0.2, 0.25) is 5.88 Å². The number of hydrogen-bond acceptors (Lipinski definition) is 4. The molecular weight excluding hydrogens is 363 g/mol. The molecule has 1 aromatic heterocycles. The molecule has 1 unspecified atom stereocenters. The van der Waals surface area contributed by atoms with E-state index in [1.54, 1.807) is 37.3 Å². The maximum atomic E-state index is 12.2. The van der Waals surface area contributed by atoms with E-state index in [-0.39, 0.29) is 16.8 Å². The molecule has 1 aromatic carbocycles. The van der Waals surface area contributed by atoms with Gasteiger partial charge in [0.25, 0.3) is 5.91 Å². The maximum Gasteiger partial charge on any atom is 0.253 e. The van der Waals surface area contributed by atoms with Crippen LogP contribution < -0.4 is 10.1 Å². The number of halogens is 2. The van der Waals surface area contributed by atoms with Crippen molar-refractivity contribution in [3.8, 4) is 11.6 Å². The molecule has 132 valence electrons. The second-order valence-corrected chi connectivity index (χ2v) is 5.96. The van der Waals surface area contributed by atoms with E-state index in [1.165, 1.54) is 12.3 Å². The highest BCUT2D eigenvalue weighted by Crippen LogP contribution is 2.33. The molecule has 0 aliphatic carbocycles. The largest absolute Gasteiger partial charge is 0.435 e. The van der Waals surface area contributed by atoms with Crippen LogP contribution in [0.15, 0.2) is 49.2 Å². The Balaban J connectivity index is 2.09. The maximum absolute atomic E-state index is 12.2. The van der Waals surface area contributed by atoms with Gasteiger partial charge in [0.05, 0.1) is 17.3 Å². The molecule has 1 heterocycles. The fraction of sp³-hybridized carbons (Fsp3) is 0.222. The highest BCUT2D eigenvalue weighted by molar-refractivity contribution is 6.35. The van der Waals surface area contributed by atoms with Gasteiger partial charge in [0.1, 0.15) is 11.1 Å². The average Bonchev–Trinajstić information content (AvgIpc) is 2.59. The normalized spacial score (nSPS) is 11.6.